The van der Waals surface area contributed by atoms with Gasteiger partial charge in [-0.3, -0.25) is 4.99 Å². The highest BCUT2D eigenvalue weighted by Gasteiger charge is 2.57. The summed E-state index contributed by atoms with van der Waals surface area (Å²) in [6.07, 6.45) is -3.61. The predicted molar refractivity (Wildman–Crippen MR) is 108 cm³/mol. The van der Waals surface area contributed by atoms with E-state index in [9.17, 15) is 22.7 Å². The highest BCUT2D eigenvalue weighted by Crippen LogP contribution is 2.47. The van der Waals surface area contributed by atoms with Gasteiger partial charge in [-0.15, -0.1) is 11.3 Å². The van der Waals surface area contributed by atoms with Gasteiger partial charge in [-0.25, -0.2) is 4.39 Å². The summed E-state index contributed by atoms with van der Waals surface area (Å²) in [5.74, 6) is -0.411. The molecular formula is C20H15ClF4N2OS. The summed E-state index contributed by atoms with van der Waals surface area (Å²) < 4.78 is 55.0. The zero-order chi connectivity index (χ0) is 21.2. The minimum Gasteiger partial charge on any atom is -0.372 e. The lowest BCUT2D eigenvalue weighted by atomic mass is 9.89. The number of hydrogen-bond acceptors (Lipinski definition) is 4. The van der Waals surface area contributed by atoms with Gasteiger partial charge in [-0.1, -0.05) is 17.7 Å². The number of nitrogens with one attached hydrogen (secondary N) is 1. The van der Waals surface area contributed by atoms with Gasteiger partial charge in [-0.2, -0.15) is 13.2 Å². The van der Waals surface area contributed by atoms with Gasteiger partial charge in [0, 0.05) is 30.2 Å². The van der Waals surface area contributed by atoms with Gasteiger partial charge in [0.1, 0.15) is 5.82 Å². The molecule has 3 rings (SSSR count). The first-order chi connectivity index (χ1) is 13.6. The quantitative estimate of drug-likeness (QED) is 0.368. The van der Waals surface area contributed by atoms with E-state index in [1.165, 1.54) is 61.8 Å². The Morgan fingerprint density at radius 1 is 1.07 bits per heavy atom. The van der Waals surface area contributed by atoms with E-state index in [1.54, 1.807) is 0 Å². The second-order valence-electron chi connectivity index (χ2n) is 6.13. The Balaban J connectivity index is 2.09. The summed E-state index contributed by atoms with van der Waals surface area (Å²) in [5.41, 5.74) is -2.29. The van der Waals surface area contributed by atoms with Crippen molar-refractivity contribution in [1.29, 1.82) is 0 Å². The molecule has 0 saturated carbocycles. The van der Waals surface area contributed by atoms with Crippen molar-refractivity contribution < 1.29 is 22.7 Å². The molecule has 3 aromatic rings. The third-order valence-electron chi connectivity index (χ3n) is 4.20. The van der Waals surface area contributed by atoms with E-state index in [4.69, 9.17) is 11.6 Å². The monoisotopic (exact) mass is 442 g/mol. The first-order valence-corrected chi connectivity index (χ1v) is 9.49. The van der Waals surface area contributed by atoms with Crippen molar-refractivity contribution in [2.24, 2.45) is 4.99 Å². The van der Waals surface area contributed by atoms with Crippen LogP contribution >= 0.6 is 22.9 Å². The van der Waals surface area contributed by atoms with Gasteiger partial charge in [0.05, 0.1) is 9.21 Å². The van der Waals surface area contributed by atoms with Crippen LogP contribution in [0.3, 0.4) is 0 Å². The van der Waals surface area contributed by atoms with Gasteiger partial charge in [0.15, 0.2) is 0 Å². The van der Waals surface area contributed by atoms with E-state index in [1.807, 2.05) is 0 Å². The molecule has 1 aromatic heterocycles. The van der Waals surface area contributed by atoms with Crippen LogP contribution in [-0.2, 0) is 5.60 Å². The number of anilines is 2. The lowest BCUT2D eigenvalue weighted by molar-refractivity contribution is -0.247. The molecular weight excluding hydrogens is 428 g/mol. The Kier molecular flexibility index (Phi) is 5.97. The summed E-state index contributed by atoms with van der Waals surface area (Å²) in [4.78, 5) is 3.54. The van der Waals surface area contributed by atoms with E-state index < -0.39 is 17.6 Å². The molecule has 0 aliphatic carbocycles. The van der Waals surface area contributed by atoms with E-state index in [-0.39, 0.29) is 14.8 Å². The number of aliphatic hydroxyl groups is 1. The largest absolute Gasteiger partial charge is 0.426 e. The fraction of sp³-hybridized carbons (Fsp3) is 0.150. The minimum absolute atomic E-state index is 0.132. The zero-order valence-electron chi connectivity index (χ0n) is 15.0. The second kappa shape index (κ2) is 8.14. The average Bonchev–Trinajstić information content (AvgIpc) is 3.10. The Labute approximate surface area is 173 Å². The number of nitrogens with zero attached hydrogens (tertiary/aromatic N) is 1. The Morgan fingerprint density at radius 2 is 1.76 bits per heavy atom. The molecule has 0 aliphatic rings. The molecule has 152 valence electrons. The highest BCUT2D eigenvalue weighted by atomic mass is 35.5. The lowest BCUT2D eigenvalue weighted by Crippen LogP contribution is -2.42. The normalized spacial score (nSPS) is 14.2. The summed E-state index contributed by atoms with van der Waals surface area (Å²) in [6, 6.07) is 11.8. The molecule has 1 unspecified atom stereocenters. The van der Waals surface area contributed by atoms with Crippen molar-refractivity contribution in [1.82, 2.24) is 0 Å². The van der Waals surface area contributed by atoms with E-state index in [0.29, 0.717) is 28.3 Å². The van der Waals surface area contributed by atoms with E-state index >= 15 is 0 Å². The molecule has 0 spiro atoms. The van der Waals surface area contributed by atoms with Crippen LogP contribution in [0.25, 0.3) is 0 Å². The molecule has 1 atom stereocenters. The average molecular weight is 443 g/mol. The maximum atomic E-state index is 13.9. The zero-order valence-corrected chi connectivity index (χ0v) is 16.5. The summed E-state index contributed by atoms with van der Waals surface area (Å²) in [7, 11) is 1.48. The molecule has 0 radical (unpaired) electrons. The van der Waals surface area contributed by atoms with Crippen molar-refractivity contribution in [3.63, 3.8) is 0 Å². The molecule has 29 heavy (non-hydrogen) atoms. The number of thiophene rings is 1. The van der Waals surface area contributed by atoms with Gasteiger partial charge in [0.2, 0.25) is 5.60 Å². The van der Waals surface area contributed by atoms with Crippen molar-refractivity contribution >= 4 is 40.5 Å². The van der Waals surface area contributed by atoms with Crippen LogP contribution in [0.2, 0.25) is 4.34 Å². The topological polar surface area (TPSA) is 44.6 Å². The number of hydrogen-bond donors (Lipinski definition) is 2. The van der Waals surface area contributed by atoms with E-state index in [0.717, 1.165) is 6.07 Å². The molecule has 2 N–H and O–H groups in total. The smallest absolute Gasteiger partial charge is 0.372 e. The van der Waals surface area contributed by atoms with Gasteiger partial charge in [0.25, 0.3) is 0 Å². The van der Waals surface area contributed by atoms with Crippen LogP contribution in [0.15, 0.2) is 59.6 Å². The SMILES string of the molecule is CN=Cc1cc(C(O)(c2ccc(Cl)s2)C(F)(F)F)ccc1Nc1ccc(F)cc1. The van der Waals surface area contributed by atoms with Crippen LogP contribution in [0.4, 0.5) is 28.9 Å². The fourth-order valence-electron chi connectivity index (χ4n) is 2.79. The third-order valence-corrected chi connectivity index (χ3v) is 5.54. The van der Waals surface area contributed by atoms with Crippen LogP contribution in [0.5, 0.6) is 0 Å². The Hall–Kier alpha value is -2.42. The predicted octanol–water partition coefficient (Wildman–Crippen LogP) is 6.13. The maximum Gasteiger partial charge on any atom is 0.426 e. The van der Waals surface area contributed by atoms with Crippen molar-refractivity contribution in [3.8, 4) is 0 Å². The molecule has 0 amide bonds. The van der Waals surface area contributed by atoms with Crippen molar-refractivity contribution in [3.05, 3.63) is 80.8 Å². The Morgan fingerprint density at radius 3 is 2.31 bits per heavy atom. The van der Waals surface area contributed by atoms with Gasteiger partial charge in [-0.05, 0) is 54.1 Å². The molecule has 9 heteroatoms. The molecule has 2 aromatic carbocycles. The third kappa shape index (κ3) is 4.29. The molecule has 3 nitrogen and oxygen atoms in total. The summed E-state index contributed by atoms with van der Waals surface area (Å²) in [6.45, 7) is 0. The Bertz CT molecular complexity index is 1030. The first-order valence-electron chi connectivity index (χ1n) is 8.29. The molecule has 0 saturated heterocycles. The second-order valence-corrected chi connectivity index (χ2v) is 7.85. The van der Waals surface area contributed by atoms with Crippen LogP contribution < -0.4 is 5.32 Å². The summed E-state index contributed by atoms with van der Waals surface area (Å²) in [5, 5.41) is 13.7. The van der Waals surface area contributed by atoms with Crippen molar-refractivity contribution in [2.75, 3.05) is 12.4 Å². The fourth-order valence-corrected chi connectivity index (χ4v) is 3.97. The summed E-state index contributed by atoms with van der Waals surface area (Å²) >= 11 is 6.45. The number of rotatable bonds is 5. The molecule has 0 aliphatic heterocycles. The van der Waals surface area contributed by atoms with Crippen LogP contribution in [-0.4, -0.2) is 24.5 Å². The maximum absolute atomic E-state index is 13.9. The van der Waals surface area contributed by atoms with Gasteiger partial charge >= 0.3 is 6.18 Å². The lowest BCUT2D eigenvalue weighted by Gasteiger charge is -2.30. The number of aliphatic imine (C=N–C) groups is 1. The van der Waals surface area contributed by atoms with Crippen LogP contribution in [0, 0.1) is 5.82 Å². The molecule has 0 bridgehead atoms. The molecule has 0 fully saturated rings. The number of benzene rings is 2. The van der Waals surface area contributed by atoms with Gasteiger partial charge < -0.3 is 10.4 Å². The van der Waals surface area contributed by atoms with Crippen LogP contribution in [0.1, 0.15) is 16.0 Å². The highest BCUT2D eigenvalue weighted by molar-refractivity contribution is 7.16. The first kappa shape index (κ1) is 21.3. The molecule has 1 heterocycles. The number of halogens is 5. The number of alkyl halides is 3. The minimum atomic E-state index is -4.98. The standard InChI is InChI=1S/C20H15ClF4N2OS/c1-26-11-12-10-13(2-7-16(12)27-15-5-3-14(22)4-6-15)19(28,20(23,24)25)17-8-9-18(21)29-17/h2-11,27-28H,1H3. The van der Waals surface area contributed by atoms with Crippen molar-refractivity contribution in [2.45, 2.75) is 11.8 Å². The van der Waals surface area contributed by atoms with E-state index in [2.05, 4.69) is 10.3 Å².